The van der Waals surface area contributed by atoms with Crippen molar-refractivity contribution in [1.82, 2.24) is 20.2 Å². The number of hydrogen-bond acceptors (Lipinski definition) is 6. The van der Waals surface area contributed by atoms with E-state index in [0.29, 0.717) is 11.1 Å². The topological polar surface area (TPSA) is 81.4 Å². The average molecular weight is 510 g/mol. The van der Waals surface area contributed by atoms with Crippen LogP contribution in [-0.4, -0.2) is 39.7 Å². The predicted molar refractivity (Wildman–Crippen MR) is 142 cm³/mol. The lowest BCUT2D eigenvalue weighted by Gasteiger charge is -2.25. The Kier molecular flexibility index (Phi) is 8.97. The van der Waals surface area contributed by atoms with Gasteiger partial charge < -0.3 is 4.74 Å². The third-order valence-electron chi connectivity index (χ3n) is 5.80. The zero-order valence-corrected chi connectivity index (χ0v) is 21.1. The lowest BCUT2D eigenvalue weighted by molar-refractivity contribution is -0.118. The molecule has 35 heavy (non-hydrogen) atoms. The number of carbonyl (C=O) groups excluding carboxylic acids is 1. The van der Waals surface area contributed by atoms with Gasteiger partial charge in [0.2, 0.25) is 0 Å². The summed E-state index contributed by atoms with van der Waals surface area (Å²) in [6, 6.07) is 15.6. The van der Waals surface area contributed by atoms with Crippen LogP contribution in [0.3, 0.4) is 0 Å². The molecule has 0 saturated heterocycles. The highest BCUT2D eigenvalue weighted by Crippen LogP contribution is 2.35. The Morgan fingerprint density at radius 3 is 2.71 bits per heavy atom. The Hall–Kier alpha value is -3.10. The number of thioether (sulfide) groups is 1. The molecule has 1 saturated carbocycles. The van der Waals surface area contributed by atoms with Gasteiger partial charge in [-0.3, -0.25) is 9.36 Å². The van der Waals surface area contributed by atoms with Gasteiger partial charge in [-0.25, -0.2) is 5.43 Å². The molecule has 1 aliphatic carbocycles. The molecule has 1 fully saturated rings. The number of benzene rings is 2. The molecule has 1 N–H and O–H groups in total. The van der Waals surface area contributed by atoms with E-state index in [9.17, 15) is 4.79 Å². The van der Waals surface area contributed by atoms with Crippen molar-refractivity contribution in [2.24, 2.45) is 5.10 Å². The summed E-state index contributed by atoms with van der Waals surface area (Å²) in [7, 11) is 1.63. The molecule has 0 aliphatic heterocycles. The van der Waals surface area contributed by atoms with E-state index in [0.717, 1.165) is 40.7 Å². The number of aromatic nitrogens is 3. The van der Waals surface area contributed by atoms with Gasteiger partial charge >= 0.3 is 0 Å². The zero-order chi connectivity index (χ0) is 24.5. The van der Waals surface area contributed by atoms with Crippen LogP contribution in [0.25, 0.3) is 17.5 Å². The molecule has 1 amide bonds. The summed E-state index contributed by atoms with van der Waals surface area (Å²) in [6.07, 6.45) is 11.0. The van der Waals surface area contributed by atoms with E-state index in [2.05, 4.69) is 25.3 Å². The average Bonchev–Trinajstić information content (AvgIpc) is 3.32. The molecule has 0 spiro atoms. The number of nitrogens with one attached hydrogen (secondary N) is 1. The summed E-state index contributed by atoms with van der Waals surface area (Å²) in [5.41, 5.74) is 4.47. The van der Waals surface area contributed by atoms with E-state index in [4.69, 9.17) is 16.3 Å². The molecule has 0 unspecified atom stereocenters. The SMILES string of the molecule is COc1ccccc1C=CC=NNC(=O)CSc1nnc(-c2ccc(Cl)cc2)n1C1CCCCC1. The van der Waals surface area contributed by atoms with Gasteiger partial charge in [0.1, 0.15) is 5.75 Å². The second-order valence-corrected chi connectivity index (χ2v) is 9.56. The molecule has 9 heteroatoms. The van der Waals surface area contributed by atoms with Crippen LogP contribution >= 0.6 is 23.4 Å². The van der Waals surface area contributed by atoms with E-state index in [-0.39, 0.29) is 11.7 Å². The number of halogens is 1. The molecule has 0 bridgehead atoms. The molecular weight excluding hydrogens is 482 g/mol. The fourth-order valence-electron chi connectivity index (χ4n) is 4.11. The van der Waals surface area contributed by atoms with Gasteiger partial charge in [-0.05, 0) is 55.3 Å². The normalized spacial score (nSPS) is 14.6. The summed E-state index contributed by atoms with van der Waals surface area (Å²) in [5.74, 6) is 1.58. The van der Waals surface area contributed by atoms with Crippen LogP contribution in [0.1, 0.15) is 43.7 Å². The van der Waals surface area contributed by atoms with E-state index < -0.39 is 0 Å². The first kappa shape index (κ1) is 25.0. The largest absolute Gasteiger partial charge is 0.496 e. The molecule has 0 atom stereocenters. The van der Waals surface area contributed by atoms with E-state index in [1.807, 2.05) is 54.6 Å². The van der Waals surface area contributed by atoms with Crippen LogP contribution in [0.5, 0.6) is 5.75 Å². The number of rotatable bonds is 9. The lowest BCUT2D eigenvalue weighted by atomic mass is 9.95. The van der Waals surface area contributed by atoms with Gasteiger partial charge in [-0.1, -0.05) is 60.8 Å². The minimum atomic E-state index is -0.205. The molecule has 1 aliphatic rings. The molecule has 0 radical (unpaired) electrons. The summed E-state index contributed by atoms with van der Waals surface area (Å²) in [5, 5.41) is 14.3. The fraction of sp³-hybridized carbons (Fsp3) is 0.308. The van der Waals surface area contributed by atoms with Crippen molar-refractivity contribution in [2.75, 3.05) is 12.9 Å². The summed E-state index contributed by atoms with van der Waals surface area (Å²) < 4.78 is 7.51. The van der Waals surface area contributed by atoms with Crippen molar-refractivity contribution < 1.29 is 9.53 Å². The van der Waals surface area contributed by atoms with Crippen LogP contribution in [0.15, 0.2) is 64.9 Å². The lowest BCUT2D eigenvalue weighted by Crippen LogP contribution is -2.20. The Morgan fingerprint density at radius 2 is 1.94 bits per heavy atom. The van der Waals surface area contributed by atoms with Gasteiger partial charge in [0, 0.05) is 28.4 Å². The van der Waals surface area contributed by atoms with Crippen molar-refractivity contribution in [3.05, 3.63) is 65.2 Å². The number of methoxy groups -OCH3 is 1. The second kappa shape index (κ2) is 12.6. The maximum atomic E-state index is 12.4. The first-order valence-corrected chi connectivity index (χ1v) is 13.0. The van der Waals surface area contributed by atoms with Gasteiger partial charge in [-0.15, -0.1) is 10.2 Å². The Labute approximate surface area is 214 Å². The number of allylic oxidation sites excluding steroid dienone is 1. The zero-order valence-electron chi connectivity index (χ0n) is 19.6. The number of carbonyl (C=O) groups is 1. The minimum Gasteiger partial charge on any atom is -0.496 e. The molecule has 1 aromatic heterocycles. The van der Waals surface area contributed by atoms with Crippen molar-refractivity contribution in [1.29, 1.82) is 0 Å². The molecule has 2 aromatic carbocycles. The smallest absolute Gasteiger partial charge is 0.250 e. The highest BCUT2D eigenvalue weighted by molar-refractivity contribution is 7.99. The standard InChI is InChI=1S/C26H28ClN5O2S/c1-34-23-12-6-5-8-19(23)9-7-17-28-29-24(33)18-35-26-31-30-25(20-13-15-21(27)16-14-20)32(26)22-10-3-2-4-11-22/h5-9,12-17,22H,2-4,10-11,18H2,1H3,(H,29,33). The van der Waals surface area contributed by atoms with Crippen LogP contribution in [0.2, 0.25) is 5.02 Å². The number of hydrazone groups is 1. The van der Waals surface area contributed by atoms with Gasteiger partial charge in [0.15, 0.2) is 11.0 Å². The quantitative estimate of drug-likeness (QED) is 0.217. The third-order valence-corrected chi connectivity index (χ3v) is 7.00. The predicted octanol–water partition coefficient (Wildman–Crippen LogP) is 6.02. The Bertz CT molecular complexity index is 1190. The van der Waals surface area contributed by atoms with Gasteiger partial charge in [0.05, 0.1) is 12.9 Å². The van der Waals surface area contributed by atoms with Crippen LogP contribution in [-0.2, 0) is 4.79 Å². The van der Waals surface area contributed by atoms with E-state index in [1.165, 1.54) is 37.2 Å². The number of ether oxygens (including phenoxy) is 1. The maximum absolute atomic E-state index is 12.4. The third kappa shape index (κ3) is 6.74. The molecule has 3 aromatic rings. The van der Waals surface area contributed by atoms with Crippen LogP contribution < -0.4 is 10.2 Å². The number of amides is 1. The number of hydrogen-bond donors (Lipinski definition) is 1. The Morgan fingerprint density at radius 1 is 1.17 bits per heavy atom. The van der Waals surface area contributed by atoms with Crippen molar-refractivity contribution in [3.63, 3.8) is 0 Å². The molecule has 182 valence electrons. The van der Waals surface area contributed by atoms with Gasteiger partial charge in [0.25, 0.3) is 5.91 Å². The fourth-order valence-corrected chi connectivity index (χ4v) is 5.03. The van der Waals surface area contributed by atoms with Gasteiger partial charge in [-0.2, -0.15) is 5.10 Å². The summed E-state index contributed by atoms with van der Waals surface area (Å²) >= 11 is 7.45. The molecule has 4 rings (SSSR count). The van der Waals surface area contributed by atoms with E-state index in [1.54, 1.807) is 13.2 Å². The molecular formula is C26H28ClN5O2S. The molecule has 7 nitrogen and oxygen atoms in total. The maximum Gasteiger partial charge on any atom is 0.250 e. The van der Waals surface area contributed by atoms with Crippen molar-refractivity contribution in [2.45, 2.75) is 43.3 Å². The highest BCUT2D eigenvalue weighted by Gasteiger charge is 2.24. The highest BCUT2D eigenvalue weighted by atomic mass is 35.5. The first-order valence-electron chi connectivity index (χ1n) is 11.6. The van der Waals surface area contributed by atoms with E-state index >= 15 is 0 Å². The van der Waals surface area contributed by atoms with Crippen LogP contribution in [0.4, 0.5) is 0 Å². The van der Waals surface area contributed by atoms with Crippen molar-refractivity contribution in [3.8, 4) is 17.1 Å². The first-order chi connectivity index (χ1) is 17.2. The monoisotopic (exact) mass is 509 g/mol. The van der Waals surface area contributed by atoms with Crippen LogP contribution in [0, 0.1) is 0 Å². The second-order valence-electron chi connectivity index (χ2n) is 8.18. The number of para-hydroxylation sites is 1. The number of nitrogens with zero attached hydrogens (tertiary/aromatic N) is 4. The summed E-state index contributed by atoms with van der Waals surface area (Å²) in [6.45, 7) is 0. The molecule has 1 heterocycles. The minimum absolute atomic E-state index is 0.193. The van der Waals surface area contributed by atoms with Crippen molar-refractivity contribution >= 4 is 41.6 Å². The Balaban J connectivity index is 1.38. The summed E-state index contributed by atoms with van der Waals surface area (Å²) in [4.78, 5) is 12.4.